The summed E-state index contributed by atoms with van der Waals surface area (Å²) in [6.45, 7) is 5.48. The molecule has 0 bridgehead atoms. The lowest BCUT2D eigenvalue weighted by Gasteiger charge is -2.25. The van der Waals surface area contributed by atoms with Crippen LogP contribution in [0.3, 0.4) is 0 Å². The molecular formula is C29H29N9O. The fourth-order valence-corrected chi connectivity index (χ4v) is 4.30. The van der Waals surface area contributed by atoms with Gasteiger partial charge >= 0.3 is 0 Å². The number of tetrazole rings is 1. The summed E-state index contributed by atoms with van der Waals surface area (Å²) in [7, 11) is 0. The van der Waals surface area contributed by atoms with E-state index in [2.05, 4.69) is 60.1 Å². The van der Waals surface area contributed by atoms with Crippen molar-refractivity contribution in [3.63, 3.8) is 0 Å². The van der Waals surface area contributed by atoms with Crippen molar-refractivity contribution in [3.05, 3.63) is 95.8 Å². The predicted octanol–water partition coefficient (Wildman–Crippen LogP) is 4.62. The first-order valence-electron chi connectivity index (χ1n) is 12.8. The highest BCUT2D eigenvalue weighted by molar-refractivity contribution is 5.93. The number of rotatable bonds is 10. The van der Waals surface area contributed by atoms with Gasteiger partial charge in [-0.05, 0) is 42.3 Å². The number of aromatic amines is 1. The Balaban J connectivity index is 1.53. The Kier molecular flexibility index (Phi) is 7.92. The fourth-order valence-electron chi connectivity index (χ4n) is 4.30. The van der Waals surface area contributed by atoms with Gasteiger partial charge in [0.1, 0.15) is 5.82 Å². The lowest BCUT2D eigenvalue weighted by atomic mass is 10.0. The third kappa shape index (κ3) is 6.48. The van der Waals surface area contributed by atoms with Crippen LogP contribution in [-0.4, -0.2) is 48.3 Å². The largest absolute Gasteiger partial charge is 0.352 e. The van der Waals surface area contributed by atoms with Crippen LogP contribution in [0.4, 0.5) is 11.5 Å². The number of aromatic nitrogens is 7. The lowest BCUT2D eigenvalue weighted by molar-refractivity contribution is -0.115. The molecule has 196 valence electrons. The summed E-state index contributed by atoms with van der Waals surface area (Å²) in [5.41, 5.74) is 5.52. The number of amides is 1. The van der Waals surface area contributed by atoms with Gasteiger partial charge in [-0.3, -0.25) is 4.79 Å². The first kappa shape index (κ1) is 25.7. The minimum Gasteiger partial charge on any atom is -0.352 e. The number of anilines is 2. The van der Waals surface area contributed by atoms with E-state index in [9.17, 15) is 4.79 Å². The number of hydrogen-bond acceptors (Lipinski definition) is 8. The molecule has 3 aromatic heterocycles. The van der Waals surface area contributed by atoms with Gasteiger partial charge in [0.05, 0.1) is 23.5 Å². The summed E-state index contributed by atoms with van der Waals surface area (Å²) in [4.78, 5) is 20.3. The van der Waals surface area contributed by atoms with Crippen LogP contribution in [0, 0.1) is 6.92 Å². The SMILES string of the molecule is CCCN(Cc1ccccc1)c1cc(NC(=O)Cc2ccc(C)nn2)cc(-c2ccccc2-c2nn[nH]n2)n1. The molecule has 3 heterocycles. The van der Waals surface area contributed by atoms with Crippen LogP contribution in [0.5, 0.6) is 0 Å². The third-order valence-electron chi connectivity index (χ3n) is 6.11. The van der Waals surface area contributed by atoms with Crippen molar-refractivity contribution in [3.8, 4) is 22.6 Å². The molecule has 0 saturated carbocycles. The molecule has 0 aliphatic rings. The van der Waals surface area contributed by atoms with Crippen molar-refractivity contribution in [1.82, 2.24) is 35.8 Å². The molecule has 0 aliphatic carbocycles. The highest BCUT2D eigenvalue weighted by Gasteiger charge is 2.17. The van der Waals surface area contributed by atoms with Crippen LogP contribution < -0.4 is 10.2 Å². The lowest BCUT2D eigenvalue weighted by Crippen LogP contribution is -2.25. The van der Waals surface area contributed by atoms with Crippen molar-refractivity contribution >= 4 is 17.4 Å². The summed E-state index contributed by atoms with van der Waals surface area (Å²) >= 11 is 0. The van der Waals surface area contributed by atoms with Gasteiger partial charge in [-0.25, -0.2) is 4.98 Å². The Morgan fingerprint density at radius 1 is 0.923 bits per heavy atom. The fraction of sp³-hybridized carbons (Fsp3) is 0.207. The number of H-pyrrole nitrogens is 1. The van der Waals surface area contributed by atoms with Gasteiger partial charge in [0.2, 0.25) is 11.7 Å². The van der Waals surface area contributed by atoms with Crippen molar-refractivity contribution in [2.75, 3.05) is 16.8 Å². The number of carbonyl (C=O) groups excluding carboxylic acids is 1. The minimum atomic E-state index is -0.187. The van der Waals surface area contributed by atoms with E-state index >= 15 is 0 Å². The molecule has 5 aromatic rings. The molecule has 0 fully saturated rings. The minimum absolute atomic E-state index is 0.113. The van der Waals surface area contributed by atoms with Crippen LogP contribution in [0.2, 0.25) is 0 Å². The molecule has 0 spiro atoms. The van der Waals surface area contributed by atoms with E-state index in [1.54, 1.807) is 0 Å². The van der Waals surface area contributed by atoms with Crippen LogP contribution in [-0.2, 0) is 17.8 Å². The summed E-state index contributed by atoms with van der Waals surface area (Å²) in [6, 6.07) is 25.5. The molecule has 10 nitrogen and oxygen atoms in total. The van der Waals surface area contributed by atoms with E-state index < -0.39 is 0 Å². The average Bonchev–Trinajstić information content (AvgIpc) is 3.50. The first-order valence-corrected chi connectivity index (χ1v) is 12.8. The standard InChI is InChI=1S/C29H29N9O/c1-3-15-38(19-21-9-5-4-6-10-21)27-17-23(30-28(39)18-22-14-13-20(2)32-33-22)16-26(31-27)24-11-7-8-12-25(24)29-34-36-37-35-29/h4-14,16-17H,3,15,18-19H2,1-2H3,(H,30,31,39)(H,34,35,36,37). The molecule has 2 aromatic carbocycles. The predicted molar refractivity (Wildman–Crippen MR) is 150 cm³/mol. The van der Waals surface area contributed by atoms with Gasteiger partial charge in [0.15, 0.2) is 0 Å². The first-order chi connectivity index (χ1) is 19.1. The van der Waals surface area contributed by atoms with E-state index in [0.717, 1.165) is 35.6 Å². The van der Waals surface area contributed by atoms with Crippen molar-refractivity contribution in [2.24, 2.45) is 0 Å². The maximum absolute atomic E-state index is 13.0. The normalized spacial score (nSPS) is 10.8. The molecule has 39 heavy (non-hydrogen) atoms. The summed E-state index contributed by atoms with van der Waals surface area (Å²) in [5.74, 6) is 1.04. The number of nitrogens with zero attached hydrogens (tertiary/aromatic N) is 7. The molecule has 0 radical (unpaired) electrons. The smallest absolute Gasteiger partial charge is 0.230 e. The Morgan fingerprint density at radius 2 is 1.72 bits per heavy atom. The van der Waals surface area contributed by atoms with Gasteiger partial charge in [-0.1, -0.05) is 61.5 Å². The van der Waals surface area contributed by atoms with Gasteiger partial charge in [-0.2, -0.15) is 15.4 Å². The van der Waals surface area contributed by atoms with Crippen LogP contribution in [0.25, 0.3) is 22.6 Å². The van der Waals surface area contributed by atoms with Crippen molar-refractivity contribution < 1.29 is 4.79 Å². The molecule has 2 N–H and O–H groups in total. The Hall–Kier alpha value is -4.99. The number of hydrogen-bond donors (Lipinski definition) is 2. The van der Waals surface area contributed by atoms with E-state index in [-0.39, 0.29) is 12.3 Å². The quantitative estimate of drug-likeness (QED) is 0.274. The molecule has 10 heteroatoms. The van der Waals surface area contributed by atoms with Gasteiger partial charge in [0.25, 0.3) is 0 Å². The second kappa shape index (κ2) is 12.0. The topological polar surface area (TPSA) is 125 Å². The Bertz CT molecular complexity index is 1520. The van der Waals surface area contributed by atoms with E-state index in [0.29, 0.717) is 29.4 Å². The van der Waals surface area contributed by atoms with Crippen LogP contribution in [0.1, 0.15) is 30.3 Å². The van der Waals surface area contributed by atoms with Gasteiger partial charge in [-0.15, -0.1) is 10.2 Å². The third-order valence-corrected chi connectivity index (χ3v) is 6.11. The summed E-state index contributed by atoms with van der Waals surface area (Å²) in [6.07, 6.45) is 1.05. The zero-order valence-corrected chi connectivity index (χ0v) is 21.9. The molecule has 0 saturated heterocycles. The number of aryl methyl sites for hydroxylation is 1. The molecular weight excluding hydrogens is 490 g/mol. The maximum Gasteiger partial charge on any atom is 0.230 e. The second-order valence-corrected chi connectivity index (χ2v) is 9.18. The molecule has 0 unspecified atom stereocenters. The molecule has 0 aliphatic heterocycles. The van der Waals surface area contributed by atoms with Crippen molar-refractivity contribution in [1.29, 1.82) is 0 Å². The number of pyridine rings is 1. The molecule has 0 atom stereocenters. The highest BCUT2D eigenvalue weighted by atomic mass is 16.1. The zero-order chi connectivity index (χ0) is 27.0. The maximum atomic E-state index is 13.0. The number of benzene rings is 2. The van der Waals surface area contributed by atoms with Gasteiger partial charge in [0, 0.05) is 36.0 Å². The van der Waals surface area contributed by atoms with Crippen LogP contribution >= 0.6 is 0 Å². The number of nitrogens with one attached hydrogen (secondary N) is 2. The Labute approximate surface area is 226 Å². The van der Waals surface area contributed by atoms with E-state index in [1.165, 1.54) is 5.56 Å². The second-order valence-electron chi connectivity index (χ2n) is 9.18. The number of carbonyl (C=O) groups is 1. The average molecular weight is 520 g/mol. The summed E-state index contributed by atoms with van der Waals surface area (Å²) < 4.78 is 0. The van der Waals surface area contributed by atoms with Crippen LogP contribution in [0.15, 0.2) is 78.9 Å². The molecule has 1 amide bonds. The Morgan fingerprint density at radius 3 is 2.44 bits per heavy atom. The van der Waals surface area contributed by atoms with Gasteiger partial charge < -0.3 is 10.2 Å². The van der Waals surface area contributed by atoms with E-state index in [4.69, 9.17) is 4.98 Å². The highest BCUT2D eigenvalue weighted by Crippen LogP contribution is 2.32. The summed E-state index contributed by atoms with van der Waals surface area (Å²) in [5, 5.41) is 25.8. The van der Waals surface area contributed by atoms with E-state index in [1.807, 2.05) is 73.7 Å². The van der Waals surface area contributed by atoms with Crippen molar-refractivity contribution in [2.45, 2.75) is 33.2 Å². The monoisotopic (exact) mass is 519 g/mol. The molecule has 5 rings (SSSR count). The zero-order valence-electron chi connectivity index (χ0n) is 21.9.